The topological polar surface area (TPSA) is 102 Å². The van der Waals surface area contributed by atoms with Crippen LogP contribution < -0.4 is 5.32 Å². The van der Waals surface area contributed by atoms with Gasteiger partial charge in [0.2, 0.25) is 11.8 Å². The molecule has 0 bridgehead atoms. The first-order valence-corrected chi connectivity index (χ1v) is 11.2. The molecule has 0 saturated carbocycles. The predicted octanol–water partition coefficient (Wildman–Crippen LogP) is 2.33. The largest absolute Gasteiger partial charge is 0.463 e. The summed E-state index contributed by atoms with van der Waals surface area (Å²) in [4.78, 5) is 51.2. The van der Waals surface area contributed by atoms with E-state index in [1.165, 1.54) is 34.1 Å². The molecule has 1 aliphatic heterocycles. The van der Waals surface area contributed by atoms with Gasteiger partial charge in [-0.1, -0.05) is 11.8 Å². The molecule has 29 heavy (non-hydrogen) atoms. The summed E-state index contributed by atoms with van der Waals surface area (Å²) in [5, 5.41) is 3.59. The molecule has 0 atom stereocenters. The second-order valence-corrected chi connectivity index (χ2v) is 8.43. The van der Waals surface area contributed by atoms with Crippen molar-refractivity contribution in [3.05, 3.63) is 27.1 Å². The van der Waals surface area contributed by atoms with Crippen molar-refractivity contribution in [3.8, 4) is 0 Å². The maximum absolute atomic E-state index is 12.6. The van der Waals surface area contributed by atoms with Gasteiger partial charge in [0.15, 0.2) is 0 Å². The van der Waals surface area contributed by atoms with Crippen LogP contribution in [0.15, 0.2) is 11.1 Å². The first kappa shape index (κ1) is 21.4. The van der Waals surface area contributed by atoms with Crippen molar-refractivity contribution in [2.75, 3.05) is 30.8 Å². The average molecular weight is 439 g/mol. The fraction of sp³-hybridized carbons (Fsp3) is 0.474. The second kappa shape index (κ2) is 9.45. The average Bonchev–Trinajstić information content (AvgIpc) is 3.32. The molecule has 3 rings (SSSR count). The molecule has 1 aromatic rings. The van der Waals surface area contributed by atoms with E-state index in [-0.39, 0.29) is 31.4 Å². The van der Waals surface area contributed by atoms with Crippen molar-refractivity contribution >= 4 is 51.9 Å². The number of fused-ring (bicyclic) bond motifs is 1. The fourth-order valence-corrected chi connectivity index (χ4v) is 5.43. The van der Waals surface area contributed by atoms with Crippen LogP contribution in [-0.4, -0.2) is 54.2 Å². The van der Waals surface area contributed by atoms with E-state index in [0.29, 0.717) is 15.6 Å². The highest BCUT2D eigenvalue weighted by Crippen LogP contribution is 2.39. The minimum Gasteiger partial charge on any atom is -0.463 e. The number of carbonyl (C=O) groups is 4. The van der Waals surface area contributed by atoms with Crippen molar-refractivity contribution in [2.24, 2.45) is 0 Å². The summed E-state index contributed by atoms with van der Waals surface area (Å²) in [5.41, 5.74) is 1.36. The smallest absolute Gasteiger partial charge is 0.341 e. The number of thioether (sulfide) groups is 1. The Labute approximate surface area is 176 Å². The molecule has 0 radical (unpaired) electrons. The molecule has 2 heterocycles. The van der Waals surface area contributed by atoms with Crippen molar-refractivity contribution in [1.82, 2.24) is 4.90 Å². The normalized spacial score (nSPS) is 16.8. The molecule has 0 unspecified atom stereocenters. The standard InChI is InChI=1S/C19H22N2O6S2/c1-3-26-16(24)8-15-21(14(23)10-28-15)9-13(22)20-18-17(19(25)27-4-2)11-6-5-7-12(11)29-18/h8H,3-7,9-10H2,1-2H3,(H,20,22). The summed E-state index contributed by atoms with van der Waals surface area (Å²) < 4.78 is 10.0. The SMILES string of the molecule is CCOC(=O)C=C1SCC(=O)N1CC(=O)Nc1sc2c(c1C(=O)OCC)CCC2. The van der Waals surface area contributed by atoms with Crippen LogP contribution in [0.5, 0.6) is 0 Å². The van der Waals surface area contributed by atoms with Gasteiger partial charge in [0.25, 0.3) is 0 Å². The van der Waals surface area contributed by atoms with Gasteiger partial charge in [-0.05, 0) is 38.7 Å². The number of hydrogen-bond acceptors (Lipinski definition) is 8. The van der Waals surface area contributed by atoms with Crippen molar-refractivity contribution in [1.29, 1.82) is 0 Å². The lowest BCUT2D eigenvalue weighted by molar-refractivity contribution is -0.137. The zero-order valence-electron chi connectivity index (χ0n) is 16.2. The minimum atomic E-state index is -0.561. The van der Waals surface area contributed by atoms with Crippen LogP contribution >= 0.6 is 23.1 Å². The quantitative estimate of drug-likeness (QED) is 0.515. The Kier molecular flexibility index (Phi) is 6.96. The highest BCUT2D eigenvalue weighted by molar-refractivity contribution is 8.04. The third-order valence-corrected chi connectivity index (χ3v) is 6.63. The van der Waals surface area contributed by atoms with Crippen LogP contribution in [0.3, 0.4) is 0 Å². The monoisotopic (exact) mass is 438 g/mol. The van der Waals surface area contributed by atoms with Crippen LogP contribution in [0.1, 0.15) is 41.1 Å². The van der Waals surface area contributed by atoms with E-state index in [9.17, 15) is 19.2 Å². The summed E-state index contributed by atoms with van der Waals surface area (Å²) in [6.45, 7) is 3.65. The van der Waals surface area contributed by atoms with Gasteiger partial charge in [0.1, 0.15) is 11.5 Å². The third-order valence-electron chi connectivity index (χ3n) is 4.39. The molecular weight excluding hydrogens is 416 g/mol. The van der Waals surface area contributed by atoms with E-state index in [1.54, 1.807) is 13.8 Å². The molecule has 10 heteroatoms. The van der Waals surface area contributed by atoms with Gasteiger partial charge in [-0.2, -0.15) is 0 Å². The molecule has 1 saturated heterocycles. The van der Waals surface area contributed by atoms with Crippen LogP contribution in [0, 0.1) is 0 Å². The molecule has 1 aliphatic carbocycles. The zero-order chi connectivity index (χ0) is 21.0. The number of ether oxygens (including phenoxy) is 2. The number of hydrogen-bond donors (Lipinski definition) is 1. The molecular formula is C19H22N2O6S2. The van der Waals surface area contributed by atoms with E-state index in [2.05, 4.69) is 5.32 Å². The number of carbonyl (C=O) groups excluding carboxylic acids is 4. The molecule has 1 N–H and O–H groups in total. The molecule has 1 fully saturated rings. The second-order valence-electron chi connectivity index (χ2n) is 6.33. The van der Waals surface area contributed by atoms with Crippen molar-refractivity contribution < 1.29 is 28.7 Å². The van der Waals surface area contributed by atoms with Crippen LogP contribution in [-0.2, 0) is 36.7 Å². The van der Waals surface area contributed by atoms with Crippen LogP contribution in [0.2, 0.25) is 0 Å². The Morgan fingerprint density at radius 2 is 1.93 bits per heavy atom. The lowest BCUT2D eigenvalue weighted by Crippen LogP contribution is -2.34. The molecule has 156 valence electrons. The minimum absolute atomic E-state index is 0.153. The summed E-state index contributed by atoms with van der Waals surface area (Å²) in [6, 6.07) is 0. The first-order chi connectivity index (χ1) is 13.9. The maximum Gasteiger partial charge on any atom is 0.341 e. The van der Waals surface area contributed by atoms with Crippen molar-refractivity contribution in [3.63, 3.8) is 0 Å². The van der Waals surface area contributed by atoms with Crippen LogP contribution in [0.4, 0.5) is 5.00 Å². The Hall–Kier alpha value is -2.33. The summed E-state index contributed by atoms with van der Waals surface area (Å²) in [6.07, 6.45) is 3.85. The number of amides is 2. The van der Waals surface area contributed by atoms with E-state index < -0.39 is 17.8 Å². The predicted molar refractivity (Wildman–Crippen MR) is 110 cm³/mol. The molecule has 1 aromatic heterocycles. The highest BCUT2D eigenvalue weighted by atomic mass is 32.2. The zero-order valence-corrected chi connectivity index (χ0v) is 17.9. The van der Waals surface area contributed by atoms with Crippen molar-refractivity contribution in [2.45, 2.75) is 33.1 Å². The molecule has 0 aromatic carbocycles. The summed E-state index contributed by atoms with van der Waals surface area (Å²) in [5.74, 6) is -1.56. The number of esters is 2. The lowest BCUT2D eigenvalue weighted by atomic mass is 10.1. The third kappa shape index (κ3) is 4.81. The van der Waals surface area contributed by atoms with Gasteiger partial charge in [0, 0.05) is 4.88 Å². The van der Waals surface area contributed by atoms with E-state index in [1.807, 2.05) is 0 Å². The van der Waals surface area contributed by atoms with Gasteiger partial charge in [-0.25, -0.2) is 9.59 Å². The van der Waals surface area contributed by atoms with Gasteiger partial charge in [0.05, 0.1) is 35.6 Å². The Morgan fingerprint density at radius 1 is 1.17 bits per heavy atom. The number of nitrogens with zero attached hydrogens (tertiary/aromatic N) is 1. The maximum atomic E-state index is 12.6. The molecule has 8 nitrogen and oxygen atoms in total. The Balaban J connectivity index is 1.74. The summed E-state index contributed by atoms with van der Waals surface area (Å²) >= 11 is 2.56. The van der Waals surface area contributed by atoms with Crippen LogP contribution in [0.25, 0.3) is 0 Å². The number of anilines is 1. The number of rotatable bonds is 7. The fourth-order valence-electron chi connectivity index (χ4n) is 3.21. The lowest BCUT2D eigenvalue weighted by Gasteiger charge is -2.16. The molecule has 0 spiro atoms. The highest BCUT2D eigenvalue weighted by Gasteiger charge is 2.31. The van der Waals surface area contributed by atoms with Gasteiger partial charge < -0.3 is 14.8 Å². The van der Waals surface area contributed by atoms with E-state index in [0.717, 1.165) is 29.7 Å². The van der Waals surface area contributed by atoms with Gasteiger partial charge >= 0.3 is 11.9 Å². The molecule has 2 aliphatic rings. The number of thiophene rings is 1. The van der Waals surface area contributed by atoms with E-state index in [4.69, 9.17) is 9.47 Å². The van der Waals surface area contributed by atoms with Gasteiger partial charge in [-0.15, -0.1) is 11.3 Å². The first-order valence-electron chi connectivity index (χ1n) is 9.37. The Bertz CT molecular complexity index is 876. The summed E-state index contributed by atoms with van der Waals surface area (Å²) in [7, 11) is 0. The Morgan fingerprint density at radius 3 is 2.66 bits per heavy atom. The molecule has 2 amide bonds. The number of nitrogens with one attached hydrogen (secondary N) is 1. The number of aryl methyl sites for hydroxylation is 1. The van der Waals surface area contributed by atoms with E-state index >= 15 is 0 Å². The van der Waals surface area contributed by atoms with Gasteiger partial charge in [-0.3, -0.25) is 14.5 Å².